The highest BCUT2D eigenvalue weighted by molar-refractivity contribution is 5.88. The van der Waals surface area contributed by atoms with E-state index in [1.165, 1.54) is 14.0 Å². The molecule has 15 nitrogen and oxygen atoms in total. The third kappa shape index (κ3) is 9.42. The van der Waals surface area contributed by atoms with Gasteiger partial charge in [-0.05, 0) is 67.9 Å². The second-order valence-electron chi connectivity index (χ2n) is 16.0. The van der Waals surface area contributed by atoms with Crippen LogP contribution in [-0.2, 0) is 33.2 Å². The van der Waals surface area contributed by atoms with Gasteiger partial charge in [0, 0.05) is 37.3 Å². The number of nitrogens with one attached hydrogen (secondary N) is 1. The van der Waals surface area contributed by atoms with E-state index in [9.17, 15) is 35.5 Å². The van der Waals surface area contributed by atoms with Crippen LogP contribution < -0.4 is 5.32 Å². The summed E-state index contributed by atoms with van der Waals surface area (Å²) in [6, 6.07) is -0.373. The Morgan fingerprint density at radius 2 is 1.57 bits per heavy atom. The summed E-state index contributed by atoms with van der Waals surface area (Å²) in [5.74, 6) is -4.24. The van der Waals surface area contributed by atoms with Gasteiger partial charge in [0.2, 0.25) is 0 Å². The van der Waals surface area contributed by atoms with Crippen LogP contribution in [0, 0.1) is 23.7 Å². The van der Waals surface area contributed by atoms with Crippen molar-refractivity contribution in [3.8, 4) is 0 Å². The summed E-state index contributed by atoms with van der Waals surface area (Å²) in [6.45, 7) is 16.6. The van der Waals surface area contributed by atoms with Crippen LogP contribution in [0.15, 0.2) is 5.16 Å². The number of hydrogen-bond donors (Lipinski definition) is 7. The monoisotopic (exact) mass is 734 g/mol. The molecule has 298 valence electrons. The molecule has 15 heteroatoms. The van der Waals surface area contributed by atoms with Crippen molar-refractivity contribution in [3.05, 3.63) is 0 Å². The Kier molecular flexibility index (Phi) is 14.9. The van der Waals surface area contributed by atoms with Gasteiger partial charge in [0.1, 0.15) is 23.9 Å². The molecule has 0 saturated carbocycles. The molecule has 0 amide bonds. The molecule has 3 aliphatic rings. The number of cyclic esters (lactones) is 1. The number of likely N-dealkylation sites (N-methyl/N-ethyl adjacent to an activating group) is 1. The minimum Gasteiger partial charge on any atom is -0.459 e. The third-order valence-corrected chi connectivity index (χ3v) is 11.7. The van der Waals surface area contributed by atoms with Gasteiger partial charge in [-0.15, -0.1) is 0 Å². The van der Waals surface area contributed by atoms with Gasteiger partial charge in [0.05, 0.1) is 53.4 Å². The fourth-order valence-electron chi connectivity index (χ4n) is 8.41. The van der Waals surface area contributed by atoms with Gasteiger partial charge < -0.3 is 64.5 Å². The van der Waals surface area contributed by atoms with Crippen molar-refractivity contribution in [2.24, 2.45) is 28.8 Å². The zero-order chi connectivity index (χ0) is 38.8. The van der Waals surface area contributed by atoms with Gasteiger partial charge in [-0.2, -0.15) is 0 Å². The first-order valence-corrected chi connectivity index (χ1v) is 18.3. The van der Waals surface area contributed by atoms with Crippen molar-refractivity contribution in [1.82, 2.24) is 5.32 Å². The first kappa shape index (κ1) is 43.9. The zero-order valence-electron chi connectivity index (χ0n) is 32.5. The third-order valence-electron chi connectivity index (χ3n) is 11.7. The second-order valence-corrected chi connectivity index (χ2v) is 16.0. The summed E-state index contributed by atoms with van der Waals surface area (Å²) >= 11 is 0. The van der Waals surface area contributed by atoms with Crippen LogP contribution in [0.2, 0.25) is 0 Å². The maximum Gasteiger partial charge on any atom is 0.311 e. The topological polar surface area (TPSA) is 218 Å². The van der Waals surface area contributed by atoms with Gasteiger partial charge in [0.15, 0.2) is 12.6 Å². The van der Waals surface area contributed by atoms with Crippen molar-refractivity contribution < 1.29 is 64.0 Å². The molecule has 3 fully saturated rings. The lowest BCUT2D eigenvalue weighted by Gasteiger charge is -2.49. The lowest BCUT2D eigenvalue weighted by molar-refractivity contribution is -0.315. The highest BCUT2D eigenvalue weighted by atomic mass is 16.7. The molecule has 3 saturated heterocycles. The van der Waals surface area contributed by atoms with E-state index in [1.807, 2.05) is 6.92 Å². The highest BCUT2D eigenvalue weighted by Crippen LogP contribution is 2.40. The molecule has 0 aromatic carbocycles. The van der Waals surface area contributed by atoms with Crippen LogP contribution >= 0.6 is 0 Å². The van der Waals surface area contributed by atoms with Crippen molar-refractivity contribution >= 4 is 11.7 Å². The van der Waals surface area contributed by atoms with E-state index >= 15 is 0 Å². The quantitative estimate of drug-likeness (QED) is 0.113. The SMILES string of the molecule is CC[C@H]1OC(=O)[C@H](C)[C@@H](O[C@H]2C[C@@](C)(OC)[C@@H](O)[C@H](C)O2)[C@H](C)[C@@H](O[C@@H]2O[C@H](C)C[C@H](NC)[C@H]2O)[C@](C)(O)C[C@@H](C)/C(=N\O)[C@H](C)[C@@H](O)[C@]1(C)O. The van der Waals surface area contributed by atoms with E-state index in [1.54, 1.807) is 62.4 Å². The van der Waals surface area contributed by atoms with Crippen LogP contribution in [0.4, 0.5) is 0 Å². The van der Waals surface area contributed by atoms with Crippen LogP contribution in [0.25, 0.3) is 0 Å². The minimum absolute atomic E-state index is 0.0674. The molecule has 0 unspecified atom stereocenters. The molecule has 3 rings (SSSR count). The number of rotatable bonds is 7. The number of carbonyl (C=O) groups is 1. The summed E-state index contributed by atoms with van der Waals surface area (Å²) in [5, 5.41) is 74.5. The molecule has 7 N–H and O–H groups in total. The van der Waals surface area contributed by atoms with E-state index in [2.05, 4.69) is 10.5 Å². The smallest absolute Gasteiger partial charge is 0.311 e. The summed E-state index contributed by atoms with van der Waals surface area (Å²) in [5.41, 5.74) is -4.67. The second kappa shape index (κ2) is 17.3. The first-order valence-electron chi connectivity index (χ1n) is 18.3. The average Bonchev–Trinajstić information content (AvgIpc) is 3.06. The maximum atomic E-state index is 14.1. The highest BCUT2D eigenvalue weighted by Gasteiger charge is 2.53. The van der Waals surface area contributed by atoms with Crippen LogP contribution in [-0.4, -0.2) is 141 Å². The molecule has 3 aliphatic heterocycles. The number of nitrogens with zero attached hydrogens (tertiary/aromatic N) is 1. The van der Waals surface area contributed by atoms with Crippen LogP contribution in [0.5, 0.6) is 0 Å². The standard InChI is InChI=1S/C36H66N2O13/c1-13-24-36(10,44)29(40)19(4)26(38-45)17(2)15-34(8,43)31(51-33-27(39)23(37-11)14-18(3)47-33)20(5)28(21(6)32(42)49-24)50-25-16-35(9,46-12)30(41)22(7)48-25/h17-25,27-31,33,37,39-41,43-45H,13-16H2,1-12H3/b38-26+/t17-,18-,19+,20+,21-,22+,23+,24-,25+,27-,28+,29-,30+,31-,33+,34-,35-,36-/m1/s1. The molecular formula is C36H66N2O13. The summed E-state index contributed by atoms with van der Waals surface area (Å²) in [7, 11) is 3.21. The van der Waals surface area contributed by atoms with Crippen LogP contribution in [0.1, 0.15) is 94.9 Å². The number of hydrogen-bond acceptors (Lipinski definition) is 15. The molecule has 51 heavy (non-hydrogen) atoms. The molecule has 0 radical (unpaired) electrons. The lowest BCUT2D eigenvalue weighted by Crippen LogP contribution is -2.61. The van der Waals surface area contributed by atoms with E-state index in [0.717, 1.165) is 0 Å². The Labute approximate surface area is 303 Å². The first-order chi connectivity index (χ1) is 23.6. The van der Waals surface area contributed by atoms with E-state index < -0.39 is 102 Å². The summed E-state index contributed by atoms with van der Waals surface area (Å²) in [6.07, 6.45) is -9.56. The molecule has 0 aliphatic carbocycles. The maximum absolute atomic E-state index is 14.1. The summed E-state index contributed by atoms with van der Waals surface area (Å²) in [4.78, 5) is 14.1. The number of ether oxygens (including phenoxy) is 6. The fraction of sp³-hybridized carbons (Fsp3) is 0.944. The minimum atomic E-state index is -1.97. The molecule has 0 aromatic heterocycles. The van der Waals surface area contributed by atoms with E-state index in [4.69, 9.17) is 28.4 Å². The van der Waals surface area contributed by atoms with Crippen molar-refractivity contribution in [2.75, 3.05) is 14.2 Å². The Hall–Kier alpha value is -1.50. The van der Waals surface area contributed by atoms with E-state index in [0.29, 0.717) is 6.42 Å². The predicted molar refractivity (Wildman–Crippen MR) is 186 cm³/mol. The average molecular weight is 735 g/mol. The number of esters is 1. The Morgan fingerprint density at radius 3 is 2.12 bits per heavy atom. The van der Waals surface area contributed by atoms with Gasteiger partial charge in [-0.25, -0.2) is 0 Å². The Morgan fingerprint density at radius 1 is 0.941 bits per heavy atom. The van der Waals surface area contributed by atoms with Crippen molar-refractivity contribution in [1.29, 1.82) is 0 Å². The van der Waals surface area contributed by atoms with Gasteiger partial charge in [-0.1, -0.05) is 32.9 Å². The number of oxime groups is 1. The Balaban J connectivity index is 2.20. The molecule has 3 heterocycles. The van der Waals surface area contributed by atoms with Gasteiger partial charge in [0.25, 0.3) is 0 Å². The molecule has 0 aromatic rings. The van der Waals surface area contributed by atoms with Gasteiger partial charge in [-0.3, -0.25) is 4.79 Å². The fourth-order valence-corrected chi connectivity index (χ4v) is 8.41. The number of aliphatic hydroxyl groups is 5. The number of aliphatic hydroxyl groups excluding tert-OH is 3. The molecular weight excluding hydrogens is 668 g/mol. The zero-order valence-corrected chi connectivity index (χ0v) is 32.5. The molecule has 18 atom stereocenters. The summed E-state index contributed by atoms with van der Waals surface area (Å²) < 4.78 is 37.0. The molecule has 0 spiro atoms. The predicted octanol–water partition coefficient (Wildman–Crippen LogP) is 1.70. The lowest BCUT2D eigenvalue weighted by atomic mass is 9.73. The van der Waals surface area contributed by atoms with Crippen molar-refractivity contribution in [2.45, 2.75) is 179 Å². The Bertz CT molecular complexity index is 1170. The van der Waals surface area contributed by atoms with Gasteiger partial charge >= 0.3 is 5.97 Å². The number of methoxy groups -OCH3 is 1. The van der Waals surface area contributed by atoms with Crippen LogP contribution in [0.3, 0.4) is 0 Å². The normalized spacial score (nSPS) is 50.4. The number of carbonyl (C=O) groups excluding carboxylic acids is 1. The van der Waals surface area contributed by atoms with E-state index in [-0.39, 0.29) is 37.1 Å². The molecule has 0 bridgehead atoms. The largest absolute Gasteiger partial charge is 0.459 e. The van der Waals surface area contributed by atoms with Crippen molar-refractivity contribution in [3.63, 3.8) is 0 Å².